The Morgan fingerprint density at radius 3 is 2.84 bits per heavy atom. The Hall–Kier alpha value is -0.800. The Morgan fingerprint density at radius 1 is 1.32 bits per heavy atom. The van der Waals surface area contributed by atoms with Crippen LogP contribution in [0.25, 0.3) is 0 Å². The van der Waals surface area contributed by atoms with Crippen molar-refractivity contribution in [3.8, 4) is 0 Å². The standard InChI is InChI=1S/C16H27NO2/c1-3-17-10-16-13(2)9-15(19-16)12-18-11-14-7-5-4-6-8-14/h9,14,17H,3-8,10-12H2,1-2H3. The fourth-order valence-electron chi connectivity index (χ4n) is 2.76. The minimum Gasteiger partial charge on any atom is -0.462 e. The van der Waals surface area contributed by atoms with Crippen molar-refractivity contribution in [2.45, 2.75) is 59.1 Å². The molecule has 0 amide bonds. The van der Waals surface area contributed by atoms with Crippen molar-refractivity contribution in [1.29, 1.82) is 0 Å². The van der Waals surface area contributed by atoms with E-state index in [2.05, 4.69) is 25.2 Å². The summed E-state index contributed by atoms with van der Waals surface area (Å²) in [6, 6.07) is 2.10. The molecule has 0 aliphatic heterocycles. The van der Waals surface area contributed by atoms with Gasteiger partial charge in [0.1, 0.15) is 18.1 Å². The predicted molar refractivity (Wildman–Crippen MR) is 77.1 cm³/mol. The minimum atomic E-state index is 0.615. The summed E-state index contributed by atoms with van der Waals surface area (Å²) in [6.45, 7) is 7.48. The summed E-state index contributed by atoms with van der Waals surface area (Å²) in [5.41, 5.74) is 1.22. The predicted octanol–water partition coefficient (Wildman–Crippen LogP) is 3.79. The molecule has 1 fully saturated rings. The van der Waals surface area contributed by atoms with Crippen LogP contribution in [0.2, 0.25) is 0 Å². The Morgan fingerprint density at radius 2 is 2.11 bits per heavy atom. The third-order valence-corrected chi connectivity index (χ3v) is 3.93. The Kier molecular flexibility index (Phi) is 5.93. The molecule has 1 aliphatic carbocycles. The molecule has 3 nitrogen and oxygen atoms in total. The molecule has 0 aromatic carbocycles. The molecule has 0 spiro atoms. The van der Waals surface area contributed by atoms with E-state index in [0.717, 1.165) is 37.1 Å². The van der Waals surface area contributed by atoms with Crippen molar-refractivity contribution < 1.29 is 9.15 Å². The zero-order valence-corrected chi connectivity index (χ0v) is 12.3. The van der Waals surface area contributed by atoms with Crippen molar-refractivity contribution in [2.75, 3.05) is 13.2 Å². The molecule has 1 aliphatic rings. The molecular weight excluding hydrogens is 238 g/mol. The van der Waals surface area contributed by atoms with Crippen LogP contribution in [0.5, 0.6) is 0 Å². The molecule has 2 rings (SSSR count). The van der Waals surface area contributed by atoms with E-state index in [-0.39, 0.29) is 0 Å². The van der Waals surface area contributed by atoms with Gasteiger partial charge in [-0.25, -0.2) is 0 Å². The van der Waals surface area contributed by atoms with Gasteiger partial charge in [0.05, 0.1) is 6.54 Å². The Labute approximate surface area is 116 Å². The van der Waals surface area contributed by atoms with Crippen LogP contribution >= 0.6 is 0 Å². The maximum atomic E-state index is 5.82. The van der Waals surface area contributed by atoms with Gasteiger partial charge >= 0.3 is 0 Å². The fraction of sp³-hybridized carbons (Fsp3) is 0.750. The van der Waals surface area contributed by atoms with Crippen molar-refractivity contribution >= 4 is 0 Å². The topological polar surface area (TPSA) is 34.4 Å². The van der Waals surface area contributed by atoms with Crippen LogP contribution in [0.1, 0.15) is 56.1 Å². The minimum absolute atomic E-state index is 0.615. The first kappa shape index (κ1) is 14.6. The first-order chi connectivity index (χ1) is 9.29. The largest absolute Gasteiger partial charge is 0.462 e. The number of hydrogen-bond donors (Lipinski definition) is 1. The summed E-state index contributed by atoms with van der Waals surface area (Å²) in [4.78, 5) is 0. The number of furan rings is 1. The molecule has 108 valence electrons. The molecule has 3 heteroatoms. The summed E-state index contributed by atoms with van der Waals surface area (Å²) < 4.78 is 11.6. The molecule has 0 saturated heterocycles. The van der Waals surface area contributed by atoms with E-state index in [1.54, 1.807) is 0 Å². The molecule has 0 unspecified atom stereocenters. The molecule has 1 heterocycles. The lowest BCUT2D eigenvalue weighted by atomic mass is 9.90. The van der Waals surface area contributed by atoms with Gasteiger partial charge < -0.3 is 14.5 Å². The molecule has 1 aromatic heterocycles. The lowest BCUT2D eigenvalue weighted by Crippen LogP contribution is -2.13. The van der Waals surface area contributed by atoms with Crippen LogP contribution in [0, 0.1) is 12.8 Å². The number of hydrogen-bond acceptors (Lipinski definition) is 3. The SMILES string of the molecule is CCNCc1oc(COCC2CCCCC2)cc1C. The third-order valence-electron chi connectivity index (χ3n) is 3.93. The average Bonchev–Trinajstić information content (AvgIpc) is 2.78. The van der Waals surface area contributed by atoms with Gasteiger partial charge in [-0.3, -0.25) is 0 Å². The maximum absolute atomic E-state index is 5.82. The number of nitrogens with one attached hydrogen (secondary N) is 1. The molecule has 0 bridgehead atoms. The molecule has 0 atom stereocenters. The Balaban J connectivity index is 1.72. The number of ether oxygens (including phenoxy) is 1. The highest BCUT2D eigenvalue weighted by molar-refractivity contribution is 5.19. The van der Waals surface area contributed by atoms with Crippen LogP contribution in [-0.2, 0) is 17.9 Å². The summed E-state index contributed by atoms with van der Waals surface area (Å²) in [7, 11) is 0. The zero-order valence-electron chi connectivity index (χ0n) is 12.3. The molecule has 0 radical (unpaired) electrons. The monoisotopic (exact) mass is 265 g/mol. The van der Waals surface area contributed by atoms with E-state index in [9.17, 15) is 0 Å². The summed E-state index contributed by atoms with van der Waals surface area (Å²) in [6.07, 6.45) is 6.83. The molecule has 1 N–H and O–H groups in total. The van der Waals surface area contributed by atoms with Gasteiger partial charge in [0, 0.05) is 6.61 Å². The molecule has 1 aromatic rings. The first-order valence-electron chi connectivity index (χ1n) is 7.66. The molecule has 1 saturated carbocycles. The van der Waals surface area contributed by atoms with E-state index < -0.39 is 0 Å². The highest BCUT2D eigenvalue weighted by atomic mass is 16.5. The van der Waals surface area contributed by atoms with Crippen LogP contribution in [0.3, 0.4) is 0 Å². The van der Waals surface area contributed by atoms with Gasteiger partial charge in [-0.05, 0) is 43.9 Å². The van der Waals surface area contributed by atoms with Gasteiger partial charge in [0.15, 0.2) is 0 Å². The first-order valence-corrected chi connectivity index (χ1v) is 7.66. The van der Waals surface area contributed by atoms with Crippen molar-refractivity contribution in [3.05, 3.63) is 23.2 Å². The van der Waals surface area contributed by atoms with Gasteiger partial charge in [0.25, 0.3) is 0 Å². The van der Waals surface area contributed by atoms with Crippen LogP contribution in [0.15, 0.2) is 10.5 Å². The number of rotatable bonds is 7. The van der Waals surface area contributed by atoms with E-state index in [1.807, 2.05) is 0 Å². The summed E-state index contributed by atoms with van der Waals surface area (Å²) in [5, 5.41) is 3.29. The van der Waals surface area contributed by atoms with Gasteiger partial charge in [-0.15, -0.1) is 0 Å². The zero-order chi connectivity index (χ0) is 13.5. The summed E-state index contributed by atoms with van der Waals surface area (Å²) >= 11 is 0. The van der Waals surface area contributed by atoms with Gasteiger partial charge in [-0.2, -0.15) is 0 Å². The van der Waals surface area contributed by atoms with E-state index in [4.69, 9.17) is 9.15 Å². The van der Waals surface area contributed by atoms with Crippen molar-refractivity contribution in [3.63, 3.8) is 0 Å². The van der Waals surface area contributed by atoms with E-state index in [0.29, 0.717) is 6.61 Å². The Bertz CT molecular complexity index is 367. The molecule has 19 heavy (non-hydrogen) atoms. The van der Waals surface area contributed by atoms with Gasteiger partial charge in [0.2, 0.25) is 0 Å². The second kappa shape index (κ2) is 7.71. The maximum Gasteiger partial charge on any atom is 0.130 e. The highest BCUT2D eigenvalue weighted by Gasteiger charge is 2.14. The average molecular weight is 265 g/mol. The smallest absolute Gasteiger partial charge is 0.130 e. The van der Waals surface area contributed by atoms with Crippen molar-refractivity contribution in [2.24, 2.45) is 5.92 Å². The van der Waals surface area contributed by atoms with E-state index in [1.165, 1.54) is 37.7 Å². The lowest BCUT2D eigenvalue weighted by molar-refractivity contribution is 0.0631. The van der Waals surface area contributed by atoms with E-state index >= 15 is 0 Å². The lowest BCUT2D eigenvalue weighted by Gasteiger charge is -2.20. The van der Waals surface area contributed by atoms with Crippen molar-refractivity contribution in [1.82, 2.24) is 5.32 Å². The second-order valence-corrected chi connectivity index (χ2v) is 5.62. The molecular formula is C16H27NO2. The number of aryl methyl sites for hydroxylation is 1. The second-order valence-electron chi connectivity index (χ2n) is 5.62. The highest BCUT2D eigenvalue weighted by Crippen LogP contribution is 2.24. The van der Waals surface area contributed by atoms with Crippen LogP contribution in [0.4, 0.5) is 0 Å². The third kappa shape index (κ3) is 4.66. The quantitative estimate of drug-likeness (QED) is 0.814. The summed E-state index contributed by atoms with van der Waals surface area (Å²) in [5.74, 6) is 2.77. The fourth-order valence-corrected chi connectivity index (χ4v) is 2.76. The van der Waals surface area contributed by atoms with Gasteiger partial charge in [-0.1, -0.05) is 26.2 Å². The van der Waals surface area contributed by atoms with Crippen LogP contribution in [-0.4, -0.2) is 13.2 Å². The normalized spacial score (nSPS) is 16.9. The van der Waals surface area contributed by atoms with Crippen LogP contribution < -0.4 is 5.32 Å².